The lowest BCUT2D eigenvalue weighted by atomic mass is 10.4. The van der Waals surface area contributed by atoms with Crippen LogP contribution in [0.5, 0.6) is 0 Å². The summed E-state index contributed by atoms with van der Waals surface area (Å²) >= 11 is 1.02. The van der Waals surface area contributed by atoms with Gasteiger partial charge in [0.25, 0.3) is 10.0 Å². The van der Waals surface area contributed by atoms with Gasteiger partial charge in [0, 0.05) is 0 Å². The van der Waals surface area contributed by atoms with Crippen LogP contribution >= 0.6 is 11.3 Å². The molecule has 0 aliphatic carbocycles. The number of nitrogens with one attached hydrogen (secondary N) is 1. The van der Waals surface area contributed by atoms with Crippen molar-refractivity contribution in [1.82, 2.24) is 9.71 Å². The first-order chi connectivity index (χ1) is 8.40. The molecule has 0 saturated heterocycles. The van der Waals surface area contributed by atoms with E-state index in [1.54, 1.807) is 13.8 Å². The maximum absolute atomic E-state index is 12.0. The Balaban J connectivity index is 2.28. The summed E-state index contributed by atoms with van der Waals surface area (Å²) < 4.78 is 30.7. The summed E-state index contributed by atoms with van der Waals surface area (Å²) in [5, 5.41) is 0.623. The number of nitrogens with zero attached hydrogens (tertiary/aromatic N) is 1. The molecule has 2 aromatic heterocycles. The van der Waals surface area contributed by atoms with Gasteiger partial charge in [0.15, 0.2) is 9.97 Å². The van der Waals surface area contributed by atoms with Gasteiger partial charge in [-0.25, -0.2) is 18.1 Å². The molecule has 0 aliphatic rings. The molecule has 2 heterocycles. The molecule has 0 aromatic carbocycles. The SMILES string of the molecule is Cc1nc(C)c(S(=O)(=O)NC(=O)c2ccco2)s1. The van der Waals surface area contributed by atoms with Gasteiger partial charge >= 0.3 is 5.91 Å². The van der Waals surface area contributed by atoms with E-state index in [2.05, 4.69) is 4.98 Å². The molecule has 8 heteroatoms. The molecule has 0 bridgehead atoms. The normalized spacial score (nSPS) is 11.4. The number of carbonyl (C=O) groups is 1. The molecule has 0 atom stereocenters. The van der Waals surface area contributed by atoms with Crippen molar-refractivity contribution < 1.29 is 17.6 Å². The number of rotatable bonds is 3. The van der Waals surface area contributed by atoms with Gasteiger partial charge in [0.2, 0.25) is 0 Å². The van der Waals surface area contributed by atoms with E-state index in [1.807, 2.05) is 4.72 Å². The molecule has 96 valence electrons. The number of aromatic nitrogens is 1. The first-order valence-electron chi connectivity index (χ1n) is 4.95. The minimum Gasteiger partial charge on any atom is -0.459 e. The standard InChI is InChI=1S/C10H10N2O4S2/c1-6-10(17-7(2)11-6)18(14,15)12-9(13)8-4-3-5-16-8/h3-5H,1-2H3,(H,12,13). The summed E-state index contributed by atoms with van der Waals surface area (Å²) in [5.41, 5.74) is 0.372. The molecule has 0 saturated carbocycles. The van der Waals surface area contributed by atoms with Gasteiger partial charge in [0.1, 0.15) is 0 Å². The van der Waals surface area contributed by atoms with Crippen LogP contribution in [0.4, 0.5) is 0 Å². The van der Waals surface area contributed by atoms with E-state index < -0.39 is 15.9 Å². The van der Waals surface area contributed by atoms with Crippen molar-refractivity contribution in [2.45, 2.75) is 18.1 Å². The Hall–Kier alpha value is -1.67. The number of hydrogen-bond acceptors (Lipinski definition) is 6. The minimum atomic E-state index is -3.90. The van der Waals surface area contributed by atoms with Gasteiger partial charge in [0.05, 0.1) is 17.0 Å². The van der Waals surface area contributed by atoms with Crippen LogP contribution in [0, 0.1) is 13.8 Å². The van der Waals surface area contributed by atoms with E-state index in [0.29, 0.717) is 10.7 Å². The number of aryl methyl sites for hydroxylation is 2. The molecule has 18 heavy (non-hydrogen) atoms. The van der Waals surface area contributed by atoms with Crippen molar-refractivity contribution in [2.24, 2.45) is 0 Å². The van der Waals surface area contributed by atoms with E-state index in [1.165, 1.54) is 18.4 Å². The number of sulfonamides is 1. The zero-order valence-electron chi connectivity index (χ0n) is 9.63. The van der Waals surface area contributed by atoms with Crippen LogP contribution in [0.1, 0.15) is 21.3 Å². The van der Waals surface area contributed by atoms with Crippen LogP contribution in [0.25, 0.3) is 0 Å². The van der Waals surface area contributed by atoms with E-state index in [9.17, 15) is 13.2 Å². The van der Waals surface area contributed by atoms with Gasteiger partial charge in [-0.2, -0.15) is 0 Å². The lowest BCUT2D eigenvalue weighted by Crippen LogP contribution is -2.30. The molecule has 1 amide bonds. The summed E-state index contributed by atoms with van der Waals surface area (Å²) in [6, 6.07) is 2.89. The quantitative estimate of drug-likeness (QED) is 0.923. The third kappa shape index (κ3) is 2.44. The van der Waals surface area contributed by atoms with Crippen LogP contribution in [0.3, 0.4) is 0 Å². The number of amides is 1. The summed E-state index contributed by atoms with van der Waals surface area (Å²) in [4.78, 5) is 15.6. The molecule has 0 spiro atoms. The molecule has 2 aromatic rings. The second-order valence-electron chi connectivity index (χ2n) is 3.52. The third-order valence-electron chi connectivity index (χ3n) is 2.08. The summed E-state index contributed by atoms with van der Waals surface area (Å²) in [5.74, 6) is -0.858. The van der Waals surface area contributed by atoms with Crippen LogP contribution in [0.2, 0.25) is 0 Å². The highest BCUT2D eigenvalue weighted by molar-refractivity contribution is 7.92. The Morgan fingerprint density at radius 2 is 2.17 bits per heavy atom. The predicted octanol–water partition coefficient (Wildman–Crippen LogP) is 1.47. The van der Waals surface area contributed by atoms with Gasteiger partial charge in [-0.05, 0) is 26.0 Å². The van der Waals surface area contributed by atoms with Crippen LogP contribution in [-0.2, 0) is 10.0 Å². The molecule has 0 unspecified atom stereocenters. The Morgan fingerprint density at radius 1 is 1.44 bits per heavy atom. The molecule has 0 fully saturated rings. The topological polar surface area (TPSA) is 89.3 Å². The molecule has 0 radical (unpaired) electrons. The maximum atomic E-state index is 12.0. The van der Waals surface area contributed by atoms with E-state index >= 15 is 0 Å². The Bertz CT molecular complexity index is 671. The van der Waals surface area contributed by atoms with Crippen molar-refractivity contribution in [3.8, 4) is 0 Å². The fraction of sp³-hybridized carbons (Fsp3) is 0.200. The highest BCUT2D eigenvalue weighted by atomic mass is 32.2. The number of carbonyl (C=O) groups excluding carboxylic acids is 1. The van der Waals surface area contributed by atoms with Crippen LogP contribution in [-0.4, -0.2) is 19.3 Å². The summed E-state index contributed by atoms with van der Waals surface area (Å²) in [6.45, 7) is 3.28. The number of thiazole rings is 1. The summed E-state index contributed by atoms with van der Waals surface area (Å²) in [7, 11) is -3.90. The lowest BCUT2D eigenvalue weighted by Gasteiger charge is -2.03. The fourth-order valence-electron chi connectivity index (χ4n) is 1.39. The zero-order chi connectivity index (χ0) is 13.3. The molecule has 1 N–H and O–H groups in total. The Morgan fingerprint density at radius 3 is 2.67 bits per heavy atom. The first-order valence-corrected chi connectivity index (χ1v) is 7.25. The average molecular weight is 286 g/mol. The zero-order valence-corrected chi connectivity index (χ0v) is 11.3. The van der Waals surface area contributed by atoms with Gasteiger partial charge in [-0.1, -0.05) is 0 Å². The Labute approximate surface area is 108 Å². The van der Waals surface area contributed by atoms with Crippen molar-refractivity contribution in [3.05, 3.63) is 34.9 Å². The smallest absolute Gasteiger partial charge is 0.300 e. The van der Waals surface area contributed by atoms with E-state index in [-0.39, 0.29) is 9.97 Å². The molecule has 6 nitrogen and oxygen atoms in total. The number of hydrogen-bond donors (Lipinski definition) is 1. The molecule has 2 rings (SSSR count). The molecular formula is C10H10N2O4S2. The number of furan rings is 1. The van der Waals surface area contributed by atoms with Gasteiger partial charge in [-0.15, -0.1) is 11.3 Å². The first kappa shape index (κ1) is 12.8. The van der Waals surface area contributed by atoms with Crippen molar-refractivity contribution in [2.75, 3.05) is 0 Å². The monoisotopic (exact) mass is 286 g/mol. The van der Waals surface area contributed by atoms with Crippen LogP contribution < -0.4 is 4.72 Å². The van der Waals surface area contributed by atoms with Crippen molar-refractivity contribution in [3.63, 3.8) is 0 Å². The third-order valence-corrected chi connectivity index (χ3v) is 5.09. The van der Waals surface area contributed by atoms with E-state index in [4.69, 9.17) is 4.42 Å². The van der Waals surface area contributed by atoms with Crippen molar-refractivity contribution in [1.29, 1.82) is 0 Å². The van der Waals surface area contributed by atoms with Gasteiger partial charge in [-0.3, -0.25) is 4.79 Å². The second kappa shape index (κ2) is 4.54. The maximum Gasteiger partial charge on any atom is 0.300 e. The minimum absolute atomic E-state index is 0.0416. The highest BCUT2D eigenvalue weighted by Gasteiger charge is 2.24. The van der Waals surface area contributed by atoms with Crippen LogP contribution in [0.15, 0.2) is 27.0 Å². The van der Waals surface area contributed by atoms with Gasteiger partial charge < -0.3 is 4.42 Å². The molecular weight excluding hydrogens is 276 g/mol. The lowest BCUT2D eigenvalue weighted by molar-refractivity contribution is 0.0954. The highest BCUT2D eigenvalue weighted by Crippen LogP contribution is 2.22. The molecule has 0 aliphatic heterocycles. The summed E-state index contributed by atoms with van der Waals surface area (Å²) in [6.07, 6.45) is 1.30. The largest absolute Gasteiger partial charge is 0.459 e. The van der Waals surface area contributed by atoms with E-state index in [0.717, 1.165) is 11.3 Å². The Kier molecular flexibility index (Phi) is 3.22. The predicted molar refractivity (Wildman–Crippen MR) is 64.9 cm³/mol. The fourth-order valence-corrected chi connectivity index (χ4v) is 3.83. The van der Waals surface area contributed by atoms with Crippen molar-refractivity contribution >= 4 is 27.3 Å². The second-order valence-corrected chi connectivity index (χ2v) is 6.60. The average Bonchev–Trinajstić information content (AvgIpc) is 2.86.